The third kappa shape index (κ3) is 6.89. The Balaban J connectivity index is 1.23. The van der Waals surface area contributed by atoms with Crippen molar-refractivity contribution in [3.8, 4) is 17.2 Å². The number of urea groups is 1. The Morgan fingerprint density at radius 2 is 1.56 bits per heavy atom. The van der Waals surface area contributed by atoms with E-state index < -0.39 is 17.8 Å². The maximum atomic E-state index is 13.6. The van der Waals surface area contributed by atoms with Gasteiger partial charge in [-0.15, -0.1) is 0 Å². The third-order valence-corrected chi connectivity index (χ3v) is 8.28. The summed E-state index contributed by atoms with van der Waals surface area (Å²) in [6.45, 7) is 6.82. The Kier molecular flexibility index (Phi) is 9.45. The van der Waals surface area contributed by atoms with E-state index in [0.717, 1.165) is 37.9 Å². The van der Waals surface area contributed by atoms with Crippen LogP contribution in [0.3, 0.4) is 0 Å². The maximum Gasteiger partial charge on any atom is 0.335 e. The standard InChI is InChI=1S/C39H33ClN2O6/c1-4-46-35-21-27(20-34(40)36(35)48-23-33-25(3)11-14-28-7-5-6-8-31(28)33)19-32-37(43)41-39(45)42(38(32)44)29-15-17-30(18-16-29)47-22-26-12-9-24(2)10-13-26/h5-21H,4,22-23H2,1-3H3,(H,41,43,45)/b32-19+. The van der Waals surface area contributed by atoms with E-state index in [1.807, 2.05) is 63.2 Å². The topological polar surface area (TPSA) is 94.2 Å². The van der Waals surface area contributed by atoms with E-state index in [1.54, 1.807) is 36.4 Å². The zero-order valence-corrected chi connectivity index (χ0v) is 27.5. The van der Waals surface area contributed by atoms with Crippen LogP contribution in [0, 0.1) is 13.8 Å². The zero-order chi connectivity index (χ0) is 33.8. The van der Waals surface area contributed by atoms with Gasteiger partial charge in [-0.1, -0.05) is 77.8 Å². The largest absolute Gasteiger partial charge is 0.490 e. The molecule has 5 aromatic rings. The Hall–Kier alpha value is -5.60. The molecule has 0 saturated carbocycles. The number of imide groups is 2. The summed E-state index contributed by atoms with van der Waals surface area (Å²) < 4.78 is 18.0. The fraction of sp³-hybridized carbons (Fsp3) is 0.154. The molecule has 8 nitrogen and oxygen atoms in total. The van der Waals surface area contributed by atoms with E-state index in [0.29, 0.717) is 36.0 Å². The third-order valence-electron chi connectivity index (χ3n) is 8.00. The fourth-order valence-corrected chi connectivity index (χ4v) is 5.73. The number of halogens is 1. The van der Waals surface area contributed by atoms with Crippen molar-refractivity contribution in [2.45, 2.75) is 34.0 Å². The Morgan fingerprint density at radius 1 is 0.812 bits per heavy atom. The summed E-state index contributed by atoms with van der Waals surface area (Å²) in [6.07, 6.45) is 1.38. The Labute approximate surface area is 283 Å². The number of amides is 4. The smallest absolute Gasteiger partial charge is 0.335 e. The SMILES string of the molecule is CCOc1cc(/C=C2\C(=O)NC(=O)N(c3ccc(OCc4ccc(C)cc4)cc3)C2=O)cc(Cl)c1OCc1c(C)ccc2ccccc12. The van der Waals surface area contributed by atoms with Crippen molar-refractivity contribution in [3.63, 3.8) is 0 Å². The van der Waals surface area contributed by atoms with Gasteiger partial charge in [-0.05, 0) is 90.7 Å². The molecule has 0 radical (unpaired) electrons. The minimum absolute atomic E-state index is 0.239. The highest BCUT2D eigenvalue weighted by atomic mass is 35.5. The Morgan fingerprint density at radius 3 is 2.31 bits per heavy atom. The first-order valence-corrected chi connectivity index (χ1v) is 15.9. The second kappa shape index (κ2) is 14.0. The second-order valence-corrected chi connectivity index (χ2v) is 11.8. The van der Waals surface area contributed by atoms with Crippen LogP contribution >= 0.6 is 11.6 Å². The lowest BCUT2D eigenvalue weighted by Gasteiger charge is -2.26. The van der Waals surface area contributed by atoms with E-state index in [4.69, 9.17) is 25.8 Å². The summed E-state index contributed by atoms with van der Waals surface area (Å²) >= 11 is 6.72. The van der Waals surface area contributed by atoms with Crippen molar-refractivity contribution in [3.05, 3.63) is 135 Å². The first-order chi connectivity index (χ1) is 23.2. The van der Waals surface area contributed by atoms with Gasteiger partial charge in [-0.2, -0.15) is 0 Å². The molecule has 0 unspecified atom stereocenters. The summed E-state index contributed by atoms with van der Waals surface area (Å²) in [5.41, 5.74) is 4.73. The minimum atomic E-state index is -0.851. The molecule has 0 bridgehead atoms. The summed E-state index contributed by atoms with van der Waals surface area (Å²) in [6, 6.07) is 29.1. The summed E-state index contributed by atoms with van der Waals surface area (Å²) in [7, 11) is 0. The van der Waals surface area contributed by atoms with Gasteiger partial charge in [-0.25, -0.2) is 9.69 Å². The summed E-state index contributed by atoms with van der Waals surface area (Å²) in [5, 5.41) is 4.68. The van der Waals surface area contributed by atoms with Crippen LogP contribution < -0.4 is 24.4 Å². The molecule has 4 amide bonds. The molecule has 0 atom stereocenters. The second-order valence-electron chi connectivity index (χ2n) is 11.4. The van der Waals surface area contributed by atoms with Crippen LogP contribution in [0.4, 0.5) is 10.5 Å². The number of aryl methyl sites for hydroxylation is 2. The highest BCUT2D eigenvalue weighted by Gasteiger charge is 2.37. The molecule has 1 aliphatic rings. The molecule has 9 heteroatoms. The molecule has 1 aliphatic heterocycles. The van der Waals surface area contributed by atoms with Crippen LogP contribution in [0.2, 0.25) is 5.02 Å². The first kappa shape index (κ1) is 32.3. The molecule has 5 aromatic carbocycles. The van der Waals surface area contributed by atoms with Gasteiger partial charge < -0.3 is 14.2 Å². The molecule has 0 aliphatic carbocycles. The number of barbiturate groups is 1. The van der Waals surface area contributed by atoms with E-state index in [-0.39, 0.29) is 22.9 Å². The molecule has 242 valence electrons. The maximum absolute atomic E-state index is 13.6. The molecule has 1 saturated heterocycles. The minimum Gasteiger partial charge on any atom is -0.490 e. The van der Waals surface area contributed by atoms with E-state index in [9.17, 15) is 14.4 Å². The number of nitrogens with one attached hydrogen (secondary N) is 1. The van der Waals surface area contributed by atoms with Crippen molar-refractivity contribution in [2.24, 2.45) is 0 Å². The fourth-order valence-electron chi connectivity index (χ4n) is 5.46. The van der Waals surface area contributed by atoms with Crippen molar-refractivity contribution in [2.75, 3.05) is 11.5 Å². The Bertz CT molecular complexity index is 2050. The van der Waals surface area contributed by atoms with Gasteiger partial charge in [0, 0.05) is 5.56 Å². The lowest BCUT2D eigenvalue weighted by molar-refractivity contribution is -0.122. The zero-order valence-electron chi connectivity index (χ0n) is 26.7. The average Bonchev–Trinajstić information content (AvgIpc) is 3.07. The number of hydrogen-bond donors (Lipinski definition) is 1. The predicted octanol–water partition coefficient (Wildman–Crippen LogP) is 8.33. The highest BCUT2D eigenvalue weighted by Crippen LogP contribution is 2.39. The van der Waals surface area contributed by atoms with Crippen LogP contribution in [-0.4, -0.2) is 24.5 Å². The number of fused-ring (bicyclic) bond motifs is 1. The molecular weight excluding hydrogens is 628 g/mol. The van der Waals surface area contributed by atoms with Crippen LogP contribution in [0.5, 0.6) is 17.2 Å². The molecule has 1 fully saturated rings. The molecule has 6 rings (SSSR count). The van der Waals surface area contributed by atoms with Crippen LogP contribution in [0.25, 0.3) is 16.8 Å². The monoisotopic (exact) mass is 660 g/mol. The average molecular weight is 661 g/mol. The van der Waals surface area contributed by atoms with Crippen molar-refractivity contribution in [1.82, 2.24) is 5.32 Å². The van der Waals surface area contributed by atoms with Gasteiger partial charge in [0.15, 0.2) is 11.5 Å². The van der Waals surface area contributed by atoms with Crippen molar-refractivity contribution < 1.29 is 28.6 Å². The molecule has 0 spiro atoms. The number of nitrogens with zero attached hydrogens (tertiary/aromatic N) is 1. The van der Waals surface area contributed by atoms with E-state index in [1.165, 1.54) is 6.08 Å². The van der Waals surface area contributed by atoms with Crippen LogP contribution in [-0.2, 0) is 22.8 Å². The highest BCUT2D eigenvalue weighted by molar-refractivity contribution is 6.39. The van der Waals surface area contributed by atoms with Gasteiger partial charge in [0.05, 0.1) is 17.3 Å². The lowest BCUT2D eigenvalue weighted by atomic mass is 10.0. The van der Waals surface area contributed by atoms with E-state index >= 15 is 0 Å². The van der Waals surface area contributed by atoms with Gasteiger partial charge in [0.2, 0.25) is 0 Å². The van der Waals surface area contributed by atoms with E-state index in [2.05, 4.69) is 23.5 Å². The van der Waals surface area contributed by atoms with Crippen molar-refractivity contribution in [1.29, 1.82) is 0 Å². The van der Waals surface area contributed by atoms with Gasteiger partial charge in [-0.3, -0.25) is 14.9 Å². The molecule has 48 heavy (non-hydrogen) atoms. The first-order valence-electron chi connectivity index (χ1n) is 15.5. The number of benzene rings is 5. The van der Waals surface area contributed by atoms with Gasteiger partial charge in [0.1, 0.15) is 24.5 Å². The van der Waals surface area contributed by atoms with Crippen LogP contribution in [0.1, 0.15) is 34.7 Å². The number of anilines is 1. The van der Waals surface area contributed by atoms with Gasteiger partial charge >= 0.3 is 6.03 Å². The predicted molar refractivity (Wildman–Crippen MR) is 187 cm³/mol. The number of rotatable bonds is 10. The molecule has 0 aromatic heterocycles. The molecule has 1 heterocycles. The summed E-state index contributed by atoms with van der Waals surface area (Å²) in [5.74, 6) is -0.341. The molecule has 1 N–H and O–H groups in total. The summed E-state index contributed by atoms with van der Waals surface area (Å²) in [4.78, 5) is 40.2. The van der Waals surface area contributed by atoms with Gasteiger partial charge in [0.25, 0.3) is 11.8 Å². The molecular formula is C39H33ClN2O6. The number of carbonyl (C=O) groups excluding carboxylic acids is 3. The van der Waals surface area contributed by atoms with Crippen molar-refractivity contribution >= 4 is 52.0 Å². The number of ether oxygens (including phenoxy) is 3. The number of hydrogen-bond acceptors (Lipinski definition) is 6. The van der Waals surface area contributed by atoms with Crippen LogP contribution in [0.15, 0.2) is 103 Å². The number of carbonyl (C=O) groups is 3. The quantitative estimate of drug-likeness (QED) is 0.120. The normalized spacial score (nSPS) is 14.0. The lowest BCUT2D eigenvalue weighted by Crippen LogP contribution is -2.54.